The summed E-state index contributed by atoms with van der Waals surface area (Å²) in [4.78, 5) is 4.05. The van der Waals surface area contributed by atoms with Crippen LogP contribution >= 0.6 is 0 Å². The molecule has 0 saturated heterocycles. The molecule has 0 atom stereocenters. The van der Waals surface area contributed by atoms with Crippen molar-refractivity contribution in [1.29, 1.82) is 0 Å². The van der Waals surface area contributed by atoms with Crippen molar-refractivity contribution >= 4 is 0 Å². The predicted molar refractivity (Wildman–Crippen MR) is 44.7 cm³/mol. The topological polar surface area (TPSA) is 22.1 Å². The Balaban J connectivity index is 2.58. The highest BCUT2D eigenvalue weighted by Crippen LogP contribution is 2.05. The Morgan fingerprint density at radius 2 is 2.45 bits per heavy atom. The Morgan fingerprint density at radius 3 is 3.00 bits per heavy atom. The van der Waals surface area contributed by atoms with E-state index in [1.165, 1.54) is 0 Å². The van der Waals surface area contributed by atoms with Crippen LogP contribution in [0.4, 0.5) is 0 Å². The summed E-state index contributed by atoms with van der Waals surface area (Å²) in [7, 11) is 0. The van der Waals surface area contributed by atoms with Crippen LogP contribution in [0.1, 0.15) is 5.56 Å². The van der Waals surface area contributed by atoms with E-state index in [9.17, 15) is 0 Å². The summed E-state index contributed by atoms with van der Waals surface area (Å²) in [6.45, 7) is 6.04. The van der Waals surface area contributed by atoms with Gasteiger partial charge in [-0.3, -0.25) is 0 Å². The van der Waals surface area contributed by atoms with Crippen molar-refractivity contribution in [1.82, 2.24) is 4.98 Å². The first-order chi connectivity index (χ1) is 5.33. The maximum Gasteiger partial charge on any atom is 0.213 e. The molecule has 0 fully saturated rings. The molecule has 0 aromatic carbocycles. The first kappa shape index (κ1) is 7.79. The van der Waals surface area contributed by atoms with Crippen LogP contribution in [0.25, 0.3) is 0 Å². The van der Waals surface area contributed by atoms with Gasteiger partial charge in [0.25, 0.3) is 0 Å². The molecule has 0 unspecified atom stereocenters. The summed E-state index contributed by atoms with van der Waals surface area (Å²) in [5.41, 5.74) is 1.14. The summed E-state index contributed by atoms with van der Waals surface area (Å²) < 4.78 is 5.18. The zero-order valence-corrected chi connectivity index (χ0v) is 6.58. The molecule has 0 aliphatic heterocycles. The molecule has 0 N–H and O–H groups in total. The van der Waals surface area contributed by atoms with Gasteiger partial charge in [0.05, 0.1) is 0 Å². The number of hydrogen-bond acceptors (Lipinski definition) is 2. The van der Waals surface area contributed by atoms with E-state index in [2.05, 4.69) is 11.6 Å². The van der Waals surface area contributed by atoms with Crippen LogP contribution in [0.2, 0.25) is 0 Å². The second kappa shape index (κ2) is 3.76. The molecule has 0 bridgehead atoms. The van der Waals surface area contributed by atoms with Gasteiger partial charge in [0.1, 0.15) is 6.61 Å². The summed E-state index contributed by atoms with van der Waals surface area (Å²) in [6, 6.07) is 3.81. The van der Waals surface area contributed by atoms with Crippen LogP contribution in [0.3, 0.4) is 0 Å². The summed E-state index contributed by atoms with van der Waals surface area (Å²) in [6.07, 6.45) is 3.47. The molecule has 2 heteroatoms. The standard InChI is InChI=1S/C9H11NO/c1-3-6-11-9-5-4-8(2)7-10-9/h3-5,7H,1,6H2,2H3. The number of rotatable bonds is 3. The van der Waals surface area contributed by atoms with Gasteiger partial charge >= 0.3 is 0 Å². The maximum atomic E-state index is 5.18. The van der Waals surface area contributed by atoms with Crippen LogP contribution in [-0.2, 0) is 0 Å². The Bertz CT molecular complexity index is 228. The van der Waals surface area contributed by atoms with Gasteiger partial charge in [-0.15, -0.1) is 0 Å². The highest BCUT2D eigenvalue weighted by molar-refractivity contribution is 5.16. The molecule has 1 heterocycles. The van der Waals surface area contributed by atoms with Gasteiger partial charge in [-0.25, -0.2) is 4.98 Å². The van der Waals surface area contributed by atoms with E-state index in [0.717, 1.165) is 5.56 Å². The third-order valence-corrected chi connectivity index (χ3v) is 1.23. The van der Waals surface area contributed by atoms with Crippen molar-refractivity contribution < 1.29 is 4.74 Å². The van der Waals surface area contributed by atoms with E-state index in [1.54, 1.807) is 12.3 Å². The Kier molecular flexibility index (Phi) is 2.66. The van der Waals surface area contributed by atoms with E-state index in [4.69, 9.17) is 4.74 Å². The van der Waals surface area contributed by atoms with Gasteiger partial charge in [-0.05, 0) is 12.5 Å². The van der Waals surface area contributed by atoms with Crippen molar-refractivity contribution in [3.05, 3.63) is 36.5 Å². The average molecular weight is 149 g/mol. The SMILES string of the molecule is C=CCOc1ccc(C)cn1. The number of aryl methyl sites for hydroxylation is 1. The second-order valence-electron chi connectivity index (χ2n) is 2.27. The number of hydrogen-bond donors (Lipinski definition) is 0. The third kappa shape index (κ3) is 2.42. The summed E-state index contributed by atoms with van der Waals surface area (Å²) >= 11 is 0. The average Bonchev–Trinajstić information content (AvgIpc) is 2.04. The van der Waals surface area contributed by atoms with Crippen LogP contribution < -0.4 is 4.74 Å². The first-order valence-electron chi connectivity index (χ1n) is 3.49. The van der Waals surface area contributed by atoms with Gasteiger partial charge < -0.3 is 4.74 Å². The zero-order valence-electron chi connectivity index (χ0n) is 6.58. The van der Waals surface area contributed by atoms with E-state index in [0.29, 0.717) is 12.5 Å². The van der Waals surface area contributed by atoms with Crippen LogP contribution in [0.5, 0.6) is 5.88 Å². The predicted octanol–water partition coefficient (Wildman–Crippen LogP) is 1.95. The van der Waals surface area contributed by atoms with Crippen LogP contribution in [0.15, 0.2) is 31.0 Å². The molecule has 1 rings (SSSR count). The van der Waals surface area contributed by atoms with Crippen molar-refractivity contribution in [2.24, 2.45) is 0 Å². The molecule has 0 amide bonds. The molecule has 0 saturated carbocycles. The minimum atomic E-state index is 0.510. The fourth-order valence-corrected chi connectivity index (χ4v) is 0.684. The number of aromatic nitrogens is 1. The van der Waals surface area contributed by atoms with E-state index < -0.39 is 0 Å². The molecular formula is C9H11NO. The van der Waals surface area contributed by atoms with Crippen molar-refractivity contribution in [2.75, 3.05) is 6.61 Å². The smallest absolute Gasteiger partial charge is 0.213 e. The molecule has 0 aliphatic rings. The lowest BCUT2D eigenvalue weighted by molar-refractivity contribution is 0.348. The van der Waals surface area contributed by atoms with Gasteiger partial charge in [0.15, 0.2) is 0 Å². The Labute approximate surface area is 66.5 Å². The second-order valence-corrected chi connectivity index (χ2v) is 2.27. The normalized spacial score (nSPS) is 9.18. The lowest BCUT2D eigenvalue weighted by atomic mass is 10.3. The van der Waals surface area contributed by atoms with Crippen molar-refractivity contribution in [2.45, 2.75) is 6.92 Å². The fraction of sp³-hybridized carbons (Fsp3) is 0.222. The van der Waals surface area contributed by atoms with Crippen LogP contribution in [0, 0.1) is 6.92 Å². The molecule has 1 aromatic heterocycles. The number of nitrogens with zero attached hydrogens (tertiary/aromatic N) is 1. The molecular weight excluding hydrogens is 138 g/mol. The van der Waals surface area contributed by atoms with E-state index in [1.807, 2.05) is 19.1 Å². The minimum absolute atomic E-state index is 0.510. The quantitative estimate of drug-likeness (QED) is 0.613. The van der Waals surface area contributed by atoms with Gasteiger partial charge in [-0.2, -0.15) is 0 Å². The van der Waals surface area contributed by atoms with Gasteiger partial charge in [0.2, 0.25) is 5.88 Å². The molecule has 0 aliphatic carbocycles. The molecule has 2 nitrogen and oxygen atoms in total. The zero-order chi connectivity index (χ0) is 8.10. The number of ether oxygens (including phenoxy) is 1. The number of pyridine rings is 1. The minimum Gasteiger partial charge on any atom is -0.473 e. The highest BCUT2D eigenvalue weighted by atomic mass is 16.5. The Hall–Kier alpha value is -1.31. The third-order valence-electron chi connectivity index (χ3n) is 1.23. The summed E-state index contributed by atoms with van der Waals surface area (Å²) in [5, 5.41) is 0. The van der Waals surface area contributed by atoms with Gasteiger partial charge in [0, 0.05) is 12.3 Å². The molecule has 11 heavy (non-hydrogen) atoms. The van der Waals surface area contributed by atoms with E-state index in [-0.39, 0.29) is 0 Å². The van der Waals surface area contributed by atoms with Gasteiger partial charge in [-0.1, -0.05) is 18.7 Å². The Morgan fingerprint density at radius 1 is 1.64 bits per heavy atom. The molecule has 0 spiro atoms. The summed E-state index contributed by atoms with van der Waals surface area (Å²) in [5.74, 6) is 0.649. The molecule has 58 valence electrons. The maximum absolute atomic E-state index is 5.18. The lowest BCUT2D eigenvalue weighted by Crippen LogP contribution is -1.94. The molecule has 1 aromatic rings. The largest absolute Gasteiger partial charge is 0.473 e. The lowest BCUT2D eigenvalue weighted by Gasteiger charge is -2.00. The van der Waals surface area contributed by atoms with Crippen molar-refractivity contribution in [3.8, 4) is 5.88 Å². The van der Waals surface area contributed by atoms with Crippen LogP contribution in [-0.4, -0.2) is 11.6 Å². The highest BCUT2D eigenvalue weighted by Gasteiger charge is 1.90. The molecule has 0 radical (unpaired) electrons. The first-order valence-corrected chi connectivity index (χ1v) is 3.49. The van der Waals surface area contributed by atoms with E-state index >= 15 is 0 Å². The monoisotopic (exact) mass is 149 g/mol. The fourth-order valence-electron chi connectivity index (χ4n) is 0.684. The van der Waals surface area contributed by atoms with Crippen molar-refractivity contribution in [3.63, 3.8) is 0 Å².